The van der Waals surface area contributed by atoms with Gasteiger partial charge < -0.3 is 19.7 Å². The zero-order valence-electron chi connectivity index (χ0n) is 20.8. The third-order valence-electron chi connectivity index (χ3n) is 6.44. The second-order valence-electron chi connectivity index (χ2n) is 9.61. The van der Waals surface area contributed by atoms with Crippen LogP contribution >= 0.6 is 11.6 Å². The molecule has 1 aliphatic rings. The average Bonchev–Trinajstić information content (AvgIpc) is 3.35. The lowest BCUT2D eigenvalue weighted by molar-refractivity contribution is -0.126. The maximum atomic E-state index is 14.1. The molecule has 1 N–H and O–H groups in total. The van der Waals surface area contributed by atoms with E-state index in [1.165, 1.54) is 0 Å². The van der Waals surface area contributed by atoms with Crippen molar-refractivity contribution in [3.8, 4) is 11.5 Å². The van der Waals surface area contributed by atoms with Gasteiger partial charge in [-0.15, -0.1) is 0 Å². The normalized spacial score (nSPS) is 13.8. The highest BCUT2D eigenvalue weighted by atomic mass is 35.5. The Balaban J connectivity index is 1.74. The quantitative estimate of drug-likeness (QED) is 0.357. The Kier molecular flexibility index (Phi) is 7.85. The van der Waals surface area contributed by atoms with E-state index in [-0.39, 0.29) is 25.2 Å². The molecule has 0 aliphatic carbocycles. The number of anilines is 1. The van der Waals surface area contributed by atoms with Crippen molar-refractivity contribution in [2.24, 2.45) is 5.92 Å². The molecular weight excluding hydrogens is 476 g/mol. The van der Waals surface area contributed by atoms with Gasteiger partial charge >= 0.3 is 0 Å². The minimum absolute atomic E-state index is 0.118. The third-order valence-corrected chi connectivity index (χ3v) is 6.70. The van der Waals surface area contributed by atoms with Crippen LogP contribution in [0.15, 0.2) is 72.8 Å². The lowest BCUT2D eigenvalue weighted by Gasteiger charge is -2.41. The van der Waals surface area contributed by atoms with Crippen molar-refractivity contribution in [3.63, 3.8) is 0 Å². The van der Waals surface area contributed by atoms with Crippen molar-refractivity contribution in [1.82, 2.24) is 4.90 Å². The Morgan fingerprint density at radius 1 is 1.00 bits per heavy atom. The molecule has 188 valence electrons. The molecule has 0 bridgehead atoms. The topological polar surface area (TPSA) is 67.9 Å². The Hall–Kier alpha value is -3.51. The first kappa shape index (κ1) is 25.6. The van der Waals surface area contributed by atoms with Crippen LogP contribution in [0.2, 0.25) is 5.02 Å². The second kappa shape index (κ2) is 11.0. The van der Waals surface area contributed by atoms with Gasteiger partial charge in [0.05, 0.1) is 0 Å². The van der Waals surface area contributed by atoms with Crippen LogP contribution in [0.25, 0.3) is 0 Å². The molecule has 1 atom stereocenters. The van der Waals surface area contributed by atoms with E-state index < -0.39 is 5.54 Å². The van der Waals surface area contributed by atoms with Crippen LogP contribution in [0.5, 0.6) is 11.5 Å². The number of hydrogen-bond donors (Lipinski definition) is 1. The summed E-state index contributed by atoms with van der Waals surface area (Å²) >= 11 is 6.11. The van der Waals surface area contributed by atoms with Crippen LogP contribution in [0.3, 0.4) is 0 Å². The number of hydrogen-bond acceptors (Lipinski definition) is 4. The monoisotopic (exact) mass is 506 g/mol. The first-order valence-corrected chi connectivity index (χ1v) is 12.5. The third kappa shape index (κ3) is 5.82. The van der Waals surface area contributed by atoms with E-state index in [0.717, 1.165) is 12.0 Å². The molecular formula is C29H31ClN2O4. The SMILES string of the molecule is CC(C)CC[C@](C)(C(=O)Nc1ccccc1)N(Cc1ccc(Cl)cc1)C(=O)c1ccc2c(c1)OCO2. The molecule has 0 spiro atoms. The largest absolute Gasteiger partial charge is 0.454 e. The van der Waals surface area contributed by atoms with Crippen LogP contribution in [0.4, 0.5) is 5.69 Å². The van der Waals surface area contributed by atoms with Crippen molar-refractivity contribution < 1.29 is 19.1 Å². The van der Waals surface area contributed by atoms with E-state index in [1.807, 2.05) is 49.4 Å². The van der Waals surface area contributed by atoms with E-state index in [9.17, 15) is 9.59 Å². The molecule has 1 aliphatic heterocycles. The Bertz CT molecular complexity index is 1210. The summed E-state index contributed by atoms with van der Waals surface area (Å²) in [7, 11) is 0. The molecule has 4 rings (SSSR count). The number of amides is 2. The summed E-state index contributed by atoms with van der Waals surface area (Å²) in [5.74, 6) is 0.965. The minimum Gasteiger partial charge on any atom is -0.454 e. The summed E-state index contributed by atoms with van der Waals surface area (Å²) in [6.07, 6.45) is 1.26. The van der Waals surface area contributed by atoms with Gasteiger partial charge in [0.25, 0.3) is 5.91 Å². The van der Waals surface area contributed by atoms with E-state index in [0.29, 0.717) is 40.1 Å². The number of benzene rings is 3. The van der Waals surface area contributed by atoms with Gasteiger partial charge in [0, 0.05) is 22.8 Å². The van der Waals surface area contributed by atoms with Crippen LogP contribution < -0.4 is 14.8 Å². The van der Waals surface area contributed by atoms with Crippen molar-refractivity contribution in [3.05, 3.63) is 88.9 Å². The van der Waals surface area contributed by atoms with Crippen LogP contribution in [-0.2, 0) is 11.3 Å². The maximum Gasteiger partial charge on any atom is 0.255 e. The van der Waals surface area contributed by atoms with E-state index >= 15 is 0 Å². The molecule has 2 amide bonds. The number of para-hydroxylation sites is 1. The van der Waals surface area contributed by atoms with Gasteiger partial charge in [0.15, 0.2) is 11.5 Å². The number of ether oxygens (including phenoxy) is 2. The summed E-state index contributed by atoms with van der Waals surface area (Å²) in [6.45, 7) is 6.42. The number of fused-ring (bicyclic) bond motifs is 1. The van der Waals surface area contributed by atoms with Crippen LogP contribution in [0.1, 0.15) is 49.5 Å². The van der Waals surface area contributed by atoms with Crippen LogP contribution in [0, 0.1) is 5.92 Å². The Morgan fingerprint density at radius 3 is 2.39 bits per heavy atom. The fraction of sp³-hybridized carbons (Fsp3) is 0.310. The van der Waals surface area contributed by atoms with Crippen molar-refractivity contribution in [2.45, 2.75) is 45.7 Å². The molecule has 6 nitrogen and oxygen atoms in total. The lowest BCUT2D eigenvalue weighted by atomic mass is 9.87. The molecule has 0 radical (unpaired) electrons. The first-order chi connectivity index (χ1) is 17.3. The summed E-state index contributed by atoms with van der Waals surface area (Å²) in [5, 5.41) is 3.64. The van der Waals surface area contributed by atoms with Crippen molar-refractivity contribution in [1.29, 1.82) is 0 Å². The van der Waals surface area contributed by atoms with Crippen LogP contribution in [-0.4, -0.2) is 29.0 Å². The van der Waals surface area contributed by atoms with E-state index in [4.69, 9.17) is 21.1 Å². The summed E-state index contributed by atoms with van der Waals surface area (Å²) < 4.78 is 10.9. The number of nitrogens with zero attached hydrogens (tertiary/aromatic N) is 1. The fourth-order valence-corrected chi connectivity index (χ4v) is 4.28. The molecule has 0 fully saturated rings. The smallest absolute Gasteiger partial charge is 0.255 e. The number of carbonyl (C=O) groups excluding carboxylic acids is 2. The lowest BCUT2D eigenvalue weighted by Crippen LogP contribution is -2.57. The number of rotatable bonds is 9. The Morgan fingerprint density at radius 2 is 1.69 bits per heavy atom. The fourth-order valence-electron chi connectivity index (χ4n) is 4.16. The average molecular weight is 507 g/mol. The highest BCUT2D eigenvalue weighted by Gasteiger charge is 2.42. The second-order valence-corrected chi connectivity index (χ2v) is 10.0. The summed E-state index contributed by atoms with van der Waals surface area (Å²) in [6, 6.07) is 21.7. The number of halogens is 1. The molecule has 3 aromatic carbocycles. The summed E-state index contributed by atoms with van der Waals surface area (Å²) in [5.41, 5.74) is 0.848. The van der Waals surface area contributed by atoms with Crippen molar-refractivity contribution in [2.75, 3.05) is 12.1 Å². The number of nitrogens with one attached hydrogen (secondary N) is 1. The van der Waals surface area contributed by atoms with Gasteiger partial charge in [-0.25, -0.2) is 0 Å². The molecule has 7 heteroatoms. The van der Waals surface area contributed by atoms with E-state index in [2.05, 4.69) is 19.2 Å². The first-order valence-electron chi connectivity index (χ1n) is 12.1. The van der Waals surface area contributed by atoms with Crippen molar-refractivity contribution >= 4 is 29.1 Å². The summed E-state index contributed by atoms with van der Waals surface area (Å²) in [4.78, 5) is 29.6. The predicted octanol–water partition coefficient (Wildman–Crippen LogP) is 6.54. The van der Waals surface area contributed by atoms with Gasteiger partial charge in [-0.2, -0.15) is 0 Å². The maximum absolute atomic E-state index is 14.1. The molecule has 0 unspecified atom stereocenters. The van der Waals surface area contributed by atoms with Gasteiger partial charge in [-0.3, -0.25) is 9.59 Å². The molecule has 3 aromatic rings. The molecule has 0 aromatic heterocycles. The van der Waals surface area contributed by atoms with Gasteiger partial charge in [0.2, 0.25) is 12.7 Å². The highest BCUT2D eigenvalue weighted by molar-refractivity contribution is 6.30. The Labute approximate surface area is 217 Å². The highest BCUT2D eigenvalue weighted by Crippen LogP contribution is 2.35. The van der Waals surface area contributed by atoms with E-state index in [1.54, 1.807) is 35.2 Å². The minimum atomic E-state index is -1.13. The molecule has 36 heavy (non-hydrogen) atoms. The number of carbonyl (C=O) groups is 2. The molecule has 0 saturated heterocycles. The molecule has 0 saturated carbocycles. The van der Waals surface area contributed by atoms with Gasteiger partial charge in [0.1, 0.15) is 5.54 Å². The molecule has 1 heterocycles. The zero-order valence-corrected chi connectivity index (χ0v) is 21.5. The zero-order chi connectivity index (χ0) is 25.7. The van der Waals surface area contributed by atoms with Gasteiger partial charge in [-0.1, -0.05) is 55.8 Å². The predicted molar refractivity (Wildman–Crippen MR) is 141 cm³/mol. The van der Waals surface area contributed by atoms with Gasteiger partial charge in [-0.05, 0) is 73.7 Å². The standard InChI is InChI=1S/C29H31ClN2O4/c1-20(2)15-16-29(3,28(34)31-24-7-5-4-6-8-24)32(18-21-9-12-23(30)13-10-21)27(33)22-11-14-25-26(17-22)36-19-35-25/h4-14,17,20H,15-16,18-19H2,1-3H3,(H,31,34)/t29-/m1/s1.